The summed E-state index contributed by atoms with van der Waals surface area (Å²) in [5, 5.41) is 3.81. The van der Waals surface area contributed by atoms with E-state index in [-0.39, 0.29) is 41.0 Å². The van der Waals surface area contributed by atoms with Crippen LogP contribution in [0, 0.1) is 5.92 Å². The molecule has 1 saturated heterocycles. The van der Waals surface area contributed by atoms with Crippen molar-refractivity contribution >= 4 is 39.1 Å². The second-order valence-electron chi connectivity index (χ2n) is 7.41. The first kappa shape index (κ1) is 20.6. The Labute approximate surface area is 180 Å². The molecule has 6 nitrogen and oxygen atoms in total. The number of hydrogen-bond acceptors (Lipinski definition) is 4. The van der Waals surface area contributed by atoms with Gasteiger partial charge < -0.3 is 5.32 Å². The van der Waals surface area contributed by atoms with Crippen LogP contribution in [0.3, 0.4) is 0 Å². The molecule has 154 valence electrons. The van der Waals surface area contributed by atoms with E-state index in [4.69, 9.17) is 23.2 Å². The van der Waals surface area contributed by atoms with Crippen molar-refractivity contribution < 1.29 is 13.2 Å². The lowest BCUT2D eigenvalue weighted by molar-refractivity contribution is -0.126. The molecule has 2 aromatic rings. The number of carbonyl (C=O) groups excluding carboxylic acids is 1. The number of carbonyl (C=O) groups is 1. The lowest BCUT2D eigenvalue weighted by Crippen LogP contribution is -2.43. The second-order valence-corrected chi connectivity index (χ2v) is 10.1. The third-order valence-corrected chi connectivity index (χ3v) is 8.25. The summed E-state index contributed by atoms with van der Waals surface area (Å²) in [5.41, 5.74) is 2.30. The zero-order valence-electron chi connectivity index (χ0n) is 15.6. The highest BCUT2D eigenvalue weighted by molar-refractivity contribution is 7.89. The molecule has 1 amide bonds. The standard InChI is InChI=1S/C20H21Cl2N3O3S/c21-15-4-5-16-14(12-15)3-6-17(16)24-20(26)13-7-10-25(11-8-13)29(27,28)18-2-1-9-23-19(18)22/h1-2,4-5,9,12-13,17H,3,6-8,10-11H2,(H,24,26). The Kier molecular flexibility index (Phi) is 5.84. The maximum Gasteiger partial charge on any atom is 0.246 e. The van der Waals surface area contributed by atoms with Crippen molar-refractivity contribution in [1.29, 1.82) is 0 Å². The fraction of sp³-hybridized carbons (Fsp3) is 0.400. The molecular formula is C20H21Cl2N3O3S. The summed E-state index contributed by atoms with van der Waals surface area (Å²) in [5.74, 6) is -0.226. The number of nitrogens with zero attached hydrogens (tertiary/aromatic N) is 2. The van der Waals surface area contributed by atoms with Crippen molar-refractivity contribution in [3.63, 3.8) is 0 Å². The molecule has 1 aliphatic heterocycles. The van der Waals surface area contributed by atoms with Crippen molar-refractivity contribution in [2.75, 3.05) is 13.1 Å². The van der Waals surface area contributed by atoms with Crippen LogP contribution in [0.5, 0.6) is 0 Å². The first-order valence-corrected chi connectivity index (χ1v) is 11.8. The molecule has 9 heteroatoms. The number of fused-ring (bicyclic) bond motifs is 1. The van der Waals surface area contributed by atoms with Crippen LogP contribution in [0.25, 0.3) is 0 Å². The summed E-state index contributed by atoms with van der Waals surface area (Å²) < 4.78 is 27.0. The minimum absolute atomic E-state index is 0.00536. The monoisotopic (exact) mass is 453 g/mol. The molecule has 0 bridgehead atoms. The molecule has 1 aromatic carbocycles. The van der Waals surface area contributed by atoms with Crippen molar-refractivity contribution in [3.05, 3.63) is 57.8 Å². The molecule has 0 spiro atoms. The minimum atomic E-state index is -3.71. The highest BCUT2D eigenvalue weighted by atomic mass is 35.5. The van der Waals surface area contributed by atoms with E-state index < -0.39 is 10.0 Å². The molecule has 1 fully saturated rings. The number of sulfonamides is 1. The van der Waals surface area contributed by atoms with Crippen LogP contribution in [-0.2, 0) is 21.2 Å². The third-order valence-electron chi connectivity index (χ3n) is 5.67. The van der Waals surface area contributed by atoms with Gasteiger partial charge in [-0.05, 0) is 61.1 Å². The number of amides is 1. The summed E-state index contributed by atoms with van der Waals surface area (Å²) >= 11 is 12.0. The van der Waals surface area contributed by atoms with Crippen LogP contribution in [0.4, 0.5) is 0 Å². The quantitative estimate of drug-likeness (QED) is 0.717. The molecule has 4 rings (SSSR count). The Bertz CT molecular complexity index is 1040. The molecule has 0 saturated carbocycles. The van der Waals surface area contributed by atoms with Crippen LogP contribution >= 0.6 is 23.2 Å². The normalized spacial score (nSPS) is 20.4. The van der Waals surface area contributed by atoms with Gasteiger partial charge in [-0.3, -0.25) is 4.79 Å². The number of aromatic nitrogens is 1. The largest absolute Gasteiger partial charge is 0.349 e. The zero-order chi connectivity index (χ0) is 20.6. The molecule has 1 atom stereocenters. The number of piperidine rings is 1. The Balaban J connectivity index is 1.38. The molecule has 1 N–H and O–H groups in total. The maximum absolute atomic E-state index is 12.8. The van der Waals surface area contributed by atoms with E-state index in [1.807, 2.05) is 18.2 Å². The Morgan fingerprint density at radius 2 is 1.90 bits per heavy atom. The van der Waals surface area contributed by atoms with Gasteiger partial charge in [0, 0.05) is 30.2 Å². The number of pyridine rings is 1. The van der Waals surface area contributed by atoms with E-state index in [1.165, 1.54) is 22.1 Å². The molecule has 1 aromatic heterocycles. The molecule has 0 radical (unpaired) electrons. The van der Waals surface area contributed by atoms with Crippen LogP contribution in [0.1, 0.15) is 36.4 Å². The average Bonchev–Trinajstić information content (AvgIpc) is 3.10. The number of nitrogens with one attached hydrogen (secondary N) is 1. The van der Waals surface area contributed by atoms with E-state index in [1.54, 1.807) is 6.07 Å². The molecule has 1 aliphatic carbocycles. The van der Waals surface area contributed by atoms with Gasteiger partial charge in [0.15, 0.2) is 0 Å². The Hall–Kier alpha value is -1.67. The van der Waals surface area contributed by atoms with Crippen molar-refractivity contribution in [2.45, 2.75) is 36.6 Å². The lowest BCUT2D eigenvalue weighted by Gasteiger charge is -2.31. The van der Waals surface area contributed by atoms with Gasteiger partial charge in [-0.2, -0.15) is 4.31 Å². The SMILES string of the molecule is O=C(NC1CCc2cc(Cl)ccc21)C1CCN(S(=O)(=O)c2cccnc2Cl)CC1. The first-order valence-electron chi connectivity index (χ1n) is 9.55. The molecule has 29 heavy (non-hydrogen) atoms. The Morgan fingerprint density at radius 3 is 2.62 bits per heavy atom. The first-order chi connectivity index (χ1) is 13.9. The second kappa shape index (κ2) is 8.22. The highest BCUT2D eigenvalue weighted by Gasteiger charge is 2.34. The van der Waals surface area contributed by atoms with Crippen LogP contribution in [0.15, 0.2) is 41.4 Å². The smallest absolute Gasteiger partial charge is 0.246 e. The van der Waals surface area contributed by atoms with Gasteiger partial charge in [-0.15, -0.1) is 0 Å². The summed E-state index contributed by atoms with van der Waals surface area (Å²) in [6, 6.07) is 8.76. The Morgan fingerprint density at radius 1 is 1.14 bits per heavy atom. The molecule has 1 unspecified atom stereocenters. The number of hydrogen-bond donors (Lipinski definition) is 1. The van der Waals surface area contributed by atoms with Gasteiger partial charge in [0.05, 0.1) is 6.04 Å². The van der Waals surface area contributed by atoms with E-state index in [0.29, 0.717) is 17.9 Å². The van der Waals surface area contributed by atoms with Gasteiger partial charge >= 0.3 is 0 Å². The van der Waals surface area contributed by atoms with Gasteiger partial charge in [0.25, 0.3) is 0 Å². The van der Waals surface area contributed by atoms with Gasteiger partial charge in [0.2, 0.25) is 15.9 Å². The van der Waals surface area contributed by atoms with E-state index in [0.717, 1.165) is 18.4 Å². The van der Waals surface area contributed by atoms with Gasteiger partial charge in [-0.25, -0.2) is 13.4 Å². The van der Waals surface area contributed by atoms with Gasteiger partial charge in [0.1, 0.15) is 10.0 Å². The average molecular weight is 454 g/mol. The molecule has 2 aliphatic rings. The van der Waals surface area contributed by atoms with Crippen LogP contribution in [-0.4, -0.2) is 36.7 Å². The number of benzene rings is 1. The fourth-order valence-corrected chi connectivity index (χ4v) is 6.18. The van der Waals surface area contributed by atoms with Crippen LogP contribution in [0.2, 0.25) is 10.2 Å². The summed E-state index contributed by atoms with van der Waals surface area (Å²) in [6.45, 7) is 0.561. The fourth-order valence-electron chi connectivity index (χ4n) is 4.09. The molecular weight excluding hydrogens is 433 g/mol. The summed E-state index contributed by atoms with van der Waals surface area (Å²) in [6.07, 6.45) is 4.15. The number of aryl methyl sites for hydroxylation is 1. The number of rotatable bonds is 4. The van der Waals surface area contributed by atoms with E-state index in [9.17, 15) is 13.2 Å². The lowest BCUT2D eigenvalue weighted by atomic mass is 9.96. The predicted molar refractivity (Wildman–Crippen MR) is 111 cm³/mol. The van der Waals surface area contributed by atoms with Crippen molar-refractivity contribution in [3.8, 4) is 0 Å². The summed E-state index contributed by atoms with van der Waals surface area (Å²) in [7, 11) is -3.71. The van der Waals surface area contributed by atoms with Crippen molar-refractivity contribution in [1.82, 2.24) is 14.6 Å². The van der Waals surface area contributed by atoms with Crippen molar-refractivity contribution in [2.24, 2.45) is 5.92 Å². The maximum atomic E-state index is 12.8. The predicted octanol–water partition coefficient (Wildman–Crippen LogP) is 3.59. The molecule has 2 heterocycles. The van der Waals surface area contributed by atoms with E-state index in [2.05, 4.69) is 10.3 Å². The summed E-state index contributed by atoms with van der Waals surface area (Å²) in [4.78, 5) is 16.6. The van der Waals surface area contributed by atoms with Gasteiger partial charge in [-0.1, -0.05) is 29.3 Å². The third kappa shape index (κ3) is 4.14. The van der Waals surface area contributed by atoms with Crippen LogP contribution < -0.4 is 5.32 Å². The zero-order valence-corrected chi connectivity index (χ0v) is 18.0. The minimum Gasteiger partial charge on any atom is -0.349 e. The highest BCUT2D eigenvalue weighted by Crippen LogP contribution is 2.34. The van der Waals surface area contributed by atoms with E-state index >= 15 is 0 Å². The topological polar surface area (TPSA) is 79.4 Å². The number of halogens is 2.